The van der Waals surface area contributed by atoms with Crippen LogP contribution in [-0.2, 0) is 10.0 Å². The third-order valence-electron chi connectivity index (χ3n) is 3.45. The molecule has 0 spiro atoms. The highest BCUT2D eigenvalue weighted by Crippen LogP contribution is 2.08. The van der Waals surface area contributed by atoms with Crippen LogP contribution in [0.4, 0.5) is 0 Å². The van der Waals surface area contributed by atoms with Crippen LogP contribution in [0.15, 0.2) is 0 Å². The van der Waals surface area contributed by atoms with Gasteiger partial charge in [-0.05, 0) is 33.0 Å². The zero-order chi connectivity index (χ0) is 13.4. The second-order valence-electron chi connectivity index (χ2n) is 5.02. The monoisotopic (exact) mass is 277 g/mol. The summed E-state index contributed by atoms with van der Waals surface area (Å²) in [5.41, 5.74) is 0. The Balaban J connectivity index is 2.06. The Morgan fingerprint density at radius 1 is 1.00 bits per heavy atom. The molecule has 0 aromatic heterocycles. The number of unbranched alkanes of at least 4 members (excludes halogenated alkanes) is 3. The molecular formula is C12H27N3O2S. The summed E-state index contributed by atoms with van der Waals surface area (Å²) in [5, 5.41) is 3.15. The quantitative estimate of drug-likeness (QED) is 0.650. The van der Waals surface area contributed by atoms with E-state index in [4.69, 9.17) is 0 Å². The van der Waals surface area contributed by atoms with E-state index in [9.17, 15) is 8.42 Å². The number of piperazine rings is 1. The zero-order valence-electron chi connectivity index (χ0n) is 11.7. The molecule has 1 saturated heterocycles. The molecular weight excluding hydrogens is 250 g/mol. The summed E-state index contributed by atoms with van der Waals surface area (Å²) in [4.78, 5) is 2.37. The fraction of sp³-hybridized carbons (Fsp3) is 1.00. The van der Waals surface area contributed by atoms with Gasteiger partial charge in [0, 0.05) is 26.2 Å². The minimum Gasteiger partial charge on any atom is -0.320 e. The highest BCUT2D eigenvalue weighted by atomic mass is 32.2. The van der Waals surface area contributed by atoms with E-state index < -0.39 is 10.0 Å². The lowest BCUT2D eigenvalue weighted by Crippen LogP contribution is -2.48. The van der Waals surface area contributed by atoms with Crippen molar-refractivity contribution in [3.8, 4) is 0 Å². The van der Waals surface area contributed by atoms with E-state index in [1.165, 1.54) is 31.9 Å². The molecule has 0 aromatic carbocycles. The lowest BCUT2D eigenvalue weighted by molar-refractivity contribution is 0.186. The number of hydrogen-bond donors (Lipinski definition) is 1. The molecule has 0 aliphatic carbocycles. The Labute approximate surface area is 112 Å². The minimum atomic E-state index is -2.99. The first-order valence-electron chi connectivity index (χ1n) is 6.86. The predicted molar refractivity (Wildman–Crippen MR) is 75.3 cm³/mol. The molecule has 1 rings (SSSR count). The van der Waals surface area contributed by atoms with Gasteiger partial charge in [-0.15, -0.1) is 0 Å². The van der Waals surface area contributed by atoms with E-state index in [1.807, 2.05) is 7.05 Å². The van der Waals surface area contributed by atoms with Gasteiger partial charge in [-0.3, -0.25) is 0 Å². The summed E-state index contributed by atoms with van der Waals surface area (Å²) in [6.45, 7) is 5.27. The van der Waals surface area contributed by atoms with E-state index in [0.29, 0.717) is 13.1 Å². The van der Waals surface area contributed by atoms with Gasteiger partial charge in [-0.1, -0.05) is 12.8 Å². The van der Waals surface area contributed by atoms with E-state index in [2.05, 4.69) is 10.2 Å². The van der Waals surface area contributed by atoms with Crippen LogP contribution < -0.4 is 5.32 Å². The average Bonchev–Trinajstić information content (AvgIpc) is 2.33. The van der Waals surface area contributed by atoms with Gasteiger partial charge in [0.2, 0.25) is 10.0 Å². The molecule has 1 heterocycles. The highest BCUT2D eigenvalue weighted by molar-refractivity contribution is 7.88. The summed E-state index contributed by atoms with van der Waals surface area (Å²) >= 11 is 0. The van der Waals surface area contributed by atoms with Gasteiger partial charge in [0.15, 0.2) is 0 Å². The van der Waals surface area contributed by atoms with E-state index >= 15 is 0 Å². The summed E-state index contributed by atoms with van der Waals surface area (Å²) in [6, 6.07) is 0. The molecule has 18 heavy (non-hydrogen) atoms. The maximum Gasteiger partial charge on any atom is 0.211 e. The van der Waals surface area contributed by atoms with Crippen LogP contribution >= 0.6 is 0 Å². The molecule has 6 heteroatoms. The van der Waals surface area contributed by atoms with E-state index in [0.717, 1.165) is 26.2 Å². The number of sulfonamides is 1. The maximum absolute atomic E-state index is 11.4. The molecule has 0 aromatic rings. The van der Waals surface area contributed by atoms with Crippen molar-refractivity contribution in [3.63, 3.8) is 0 Å². The van der Waals surface area contributed by atoms with Gasteiger partial charge in [0.05, 0.1) is 6.26 Å². The Bertz CT molecular complexity index is 311. The topological polar surface area (TPSA) is 52.6 Å². The third kappa shape index (κ3) is 6.13. The van der Waals surface area contributed by atoms with Gasteiger partial charge < -0.3 is 10.2 Å². The van der Waals surface area contributed by atoms with Crippen LogP contribution in [-0.4, -0.2) is 70.2 Å². The van der Waals surface area contributed by atoms with Crippen LogP contribution in [0.25, 0.3) is 0 Å². The van der Waals surface area contributed by atoms with Crippen LogP contribution in [0, 0.1) is 0 Å². The smallest absolute Gasteiger partial charge is 0.211 e. The average molecular weight is 277 g/mol. The van der Waals surface area contributed by atoms with Gasteiger partial charge in [-0.25, -0.2) is 8.42 Å². The number of hydrogen-bond acceptors (Lipinski definition) is 4. The zero-order valence-corrected chi connectivity index (χ0v) is 12.5. The largest absolute Gasteiger partial charge is 0.320 e. The van der Waals surface area contributed by atoms with Crippen LogP contribution in [0.5, 0.6) is 0 Å². The van der Waals surface area contributed by atoms with Crippen molar-refractivity contribution in [1.82, 2.24) is 14.5 Å². The molecule has 1 fully saturated rings. The minimum absolute atomic E-state index is 0.651. The summed E-state index contributed by atoms with van der Waals surface area (Å²) in [5.74, 6) is 0. The molecule has 108 valence electrons. The van der Waals surface area contributed by atoms with Crippen LogP contribution in [0.3, 0.4) is 0 Å². The van der Waals surface area contributed by atoms with Crippen molar-refractivity contribution in [1.29, 1.82) is 0 Å². The fourth-order valence-corrected chi connectivity index (χ4v) is 3.10. The normalized spacial score (nSPS) is 19.2. The third-order valence-corrected chi connectivity index (χ3v) is 4.75. The number of nitrogens with zero attached hydrogens (tertiary/aromatic N) is 2. The molecule has 1 aliphatic heterocycles. The van der Waals surface area contributed by atoms with Crippen molar-refractivity contribution in [2.24, 2.45) is 0 Å². The summed E-state index contributed by atoms with van der Waals surface area (Å²) in [6.07, 6.45) is 6.32. The second-order valence-corrected chi connectivity index (χ2v) is 7.00. The Morgan fingerprint density at radius 3 is 2.17 bits per heavy atom. The number of nitrogens with one attached hydrogen (secondary N) is 1. The van der Waals surface area contributed by atoms with Gasteiger partial charge >= 0.3 is 0 Å². The van der Waals surface area contributed by atoms with Crippen molar-refractivity contribution in [2.75, 3.05) is 52.6 Å². The summed E-state index contributed by atoms with van der Waals surface area (Å²) in [7, 11) is -0.998. The first-order valence-corrected chi connectivity index (χ1v) is 8.71. The predicted octanol–water partition coefficient (Wildman–Crippen LogP) is 0.343. The lowest BCUT2D eigenvalue weighted by atomic mass is 10.2. The SMILES string of the molecule is CNCCCCCCN1CCN(S(C)(=O)=O)CC1. The lowest BCUT2D eigenvalue weighted by Gasteiger charge is -2.33. The first kappa shape index (κ1) is 15.9. The first-order chi connectivity index (χ1) is 8.54. The van der Waals surface area contributed by atoms with Crippen molar-refractivity contribution >= 4 is 10.0 Å². The molecule has 0 bridgehead atoms. The Hall–Kier alpha value is -0.170. The second kappa shape index (κ2) is 8.09. The van der Waals surface area contributed by atoms with E-state index in [1.54, 1.807) is 4.31 Å². The summed E-state index contributed by atoms with van der Waals surface area (Å²) < 4.78 is 24.3. The molecule has 1 aliphatic rings. The van der Waals surface area contributed by atoms with Gasteiger partial charge in [-0.2, -0.15) is 4.31 Å². The van der Waals surface area contributed by atoms with Crippen molar-refractivity contribution in [2.45, 2.75) is 25.7 Å². The van der Waals surface area contributed by atoms with Gasteiger partial charge in [0.25, 0.3) is 0 Å². The molecule has 0 amide bonds. The van der Waals surface area contributed by atoms with Crippen LogP contribution in [0.2, 0.25) is 0 Å². The Kier molecular flexibility index (Phi) is 7.14. The van der Waals surface area contributed by atoms with Crippen LogP contribution in [0.1, 0.15) is 25.7 Å². The van der Waals surface area contributed by atoms with Crippen molar-refractivity contribution in [3.05, 3.63) is 0 Å². The molecule has 0 radical (unpaired) electrons. The highest BCUT2D eigenvalue weighted by Gasteiger charge is 2.22. The molecule has 0 saturated carbocycles. The molecule has 0 atom stereocenters. The van der Waals surface area contributed by atoms with E-state index in [-0.39, 0.29) is 0 Å². The number of rotatable bonds is 8. The molecule has 0 unspecified atom stereocenters. The molecule has 5 nitrogen and oxygen atoms in total. The Morgan fingerprint density at radius 2 is 1.61 bits per heavy atom. The van der Waals surface area contributed by atoms with Crippen molar-refractivity contribution < 1.29 is 8.42 Å². The molecule has 1 N–H and O–H groups in total. The van der Waals surface area contributed by atoms with Gasteiger partial charge in [0.1, 0.15) is 0 Å². The maximum atomic E-state index is 11.4. The fourth-order valence-electron chi connectivity index (χ4n) is 2.28. The standard InChI is InChI=1S/C12H27N3O2S/c1-13-7-5-3-4-6-8-14-9-11-15(12-10-14)18(2,16)17/h13H,3-12H2,1-2H3.